The van der Waals surface area contributed by atoms with E-state index in [0.29, 0.717) is 10.7 Å². The molecule has 0 saturated heterocycles. The molecule has 0 aliphatic carbocycles. The number of hydrogen-bond acceptors (Lipinski definition) is 3. The molecule has 1 N–H and O–H groups in total. The van der Waals surface area contributed by atoms with Crippen LogP contribution in [0.5, 0.6) is 0 Å². The lowest BCUT2D eigenvalue weighted by Crippen LogP contribution is -2.32. The van der Waals surface area contributed by atoms with E-state index in [-0.39, 0.29) is 21.4 Å². The molecule has 0 saturated carbocycles. The number of aryl methyl sites for hydroxylation is 1. The maximum atomic E-state index is 12.7. The first-order chi connectivity index (χ1) is 11.4. The Labute approximate surface area is 153 Å². The standard InChI is InChI=1S/C17H11Cl3N2O2/c1-9-8-10(18)6-7-12(9)21-15-14(20)16(23)22(17(15)24)13-5-3-2-4-11(13)19/h2-8,21H,1H3. The van der Waals surface area contributed by atoms with Gasteiger partial charge >= 0.3 is 0 Å². The molecule has 2 amide bonds. The maximum absolute atomic E-state index is 12.7. The fourth-order valence-corrected chi connectivity index (χ4v) is 3.02. The van der Waals surface area contributed by atoms with Gasteiger partial charge in [0.05, 0.1) is 10.7 Å². The van der Waals surface area contributed by atoms with Gasteiger partial charge in [0.15, 0.2) is 0 Å². The van der Waals surface area contributed by atoms with Crippen LogP contribution in [0.1, 0.15) is 5.56 Å². The van der Waals surface area contributed by atoms with Crippen molar-refractivity contribution in [1.82, 2.24) is 0 Å². The number of halogens is 3. The summed E-state index contributed by atoms with van der Waals surface area (Å²) in [6, 6.07) is 11.7. The van der Waals surface area contributed by atoms with Gasteiger partial charge in [0.1, 0.15) is 10.7 Å². The Balaban J connectivity index is 1.96. The van der Waals surface area contributed by atoms with Gasteiger partial charge in [0, 0.05) is 10.7 Å². The molecular weight excluding hydrogens is 371 g/mol. The third-order valence-electron chi connectivity index (χ3n) is 3.57. The van der Waals surface area contributed by atoms with Gasteiger partial charge in [-0.25, -0.2) is 4.90 Å². The minimum Gasteiger partial charge on any atom is -0.349 e. The highest BCUT2D eigenvalue weighted by Gasteiger charge is 2.39. The lowest BCUT2D eigenvalue weighted by atomic mass is 10.2. The molecule has 7 heteroatoms. The van der Waals surface area contributed by atoms with Crippen LogP contribution in [0.25, 0.3) is 0 Å². The van der Waals surface area contributed by atoms with Crippen molar-refractivity contribution in [2.24, 2.45) is 0 Å². The van der Waals surface area contributed by atoms with E-state index in [1.807, 2.05) is 6.92 Å². The van der Waals surface area contributed by atoms with Crippen LogP contribution < -0.4 is 10.2 Å². The van der Waals surface area contributed by atoms with Crippen LogP contribution in [-0.2, 0) is 9.59 Å². The predicted octanol–water partition coefficient (Wildman–Crippen LogP) is 4.74. The van der Waals surface area contributed by atoms with Crippen LogP contribution in [0, 0.1) is 6.92 Å². The zero-order chi connectivity index (χ0) is 17.4. The van der Waals surface area contributed by atoms with Gasteiger partial charge in [0.25, 0.3) is 11.8 Å². The molecule has 0 spiro atoms. The molecule has 4 nitrogen and oxygen atoms in total. The third kappa shape index (κ3) is 2.88. The molecule has 0 radical (unpaired) electrons. The molecular formula is C17H11Cl3N2O2. The first kappa shape index (κ1) is 16.8. The van der Waals surface area contributed by atoms with E-state index in [1.54, 1.807) is 42.5 Å². The average Bonchev–Trinajstić information content (AvgIpc) is 2.74. The van der Waals surface area contributed by atoms with Crippen LogP contribution in [0.2, 0.25) is 10.0 Å². The van der Waals surface area contributed by atoms with Crippen LogP contribution >= 0.6 is 34.8 Å². The molecule has 1 aliphatic rings. The Morgan fingerprint density at radius 2 is 1.67 bits per heavy atom. The minimum atomic E-state index is -0.621. The number of imide groups is 1. The van der Waals surface area contributed by atoms with Crippen LogP contribution in [-0.4, -0.2) is 11.8 Å². The third-order valence-corrected chi connectivity index (χ3v) is 4.47. The highest BCUT2D eigenvalue weighted by atomic mass is 35.5. The number of anilines is 2. The molecule has 24 heavy (non-hydrogen) atoms. The van der Waals surface area contributed by atoms with E-state index in [4.69, 9.17) is 34.8 Å². The SMILES string of the molecule is Cc1cc(Cl)ccc1NC1=C(Cl)C(=O)N(c2ccccc2Cl)C1=O. The summed E-state index contributed by atoms with van der Waals surface area (Å²) in [6.07, 6.45) is 0. The van der Waals surface area contributed by atoms with E-state index in [1.165, 1.54) is 0 Å². The normalized spacial score (nSPS) is 14.6. The molecule has 1 aliphatic heterocycles. The summed E-state index contributed by atoms with van der Waals surface area (Å²) in [7, 11) is 0. The van der Waals surface area contributed by atoms with Crippen LogP contribution in [0.15, 0.2) is 53.2 Å². The maximum Gasteiger partial charge on any atom is 0.283 e. The molecule has 0 atom stereocenters. The molecule has 2 aromatic carbocycles. The second-order valence-corrected chi connectivity index (χ2v) is 6.39. The van der Waals surface area contributed by atoms with E-state index in [2.05, 4.69) is 5.32 Å². The molecule has 2 aromatic rings. The second kappa shape index (κ2) is 6.48. The number of rotatable bonds is 3. The van der Waals surface area contributed by atoms with E-state index in [0.717, 1.165) is 10.5 Å². The quantitative estimate of drug-likeness (QED) is 0.781. The highest BCUT2D eigenvalue weighted by Crippen LogP contribution is 2.34. The monoisotopic (exact) mass is 380 g/mol. The number of hydrogen-bond donors (Lipinski definition) is 1. The number of benzene rings is 2. The molecule has 0 unspecified atom stereocenters. The largest absolute Gasteiger partial charge is 0.349 e. The number of carbonyl (C=O) groups is 2. The van der Waals surface area contributed by atoms with Gasteiger partial charge in [0.2, 0.25) is 0 Å². The molecule has 3 rings (SSSR count). The number of para-hydroxylation sites is 1. The van der Waals surface area contributed by atoms with Gasteiger partial charge in [-0.2, -0.15) is 0 Å². The van der Waals surface area contributed by atoms with Crippen molar-refractivity contribution in [2.75, 3.05) is 10.2 Å². The van der Waals surface area contributed by atoms with E-state index < -0.39 is 11.8 Å². The summed E-state index contributed by atoms with van der Waals surface area (Å²) < 4.78 is 0. The summed E-state index contributed by atoms with van der Waals surface area (Å²) >= 11 is 18.1. The number of carbonyl (C=O) groups excluding carboxylic acids is 2. The van der Waals surface area contributed by atoms with Gasteiger partial charge in [-0.05, 0) is 42.8 Å². The molecule has 0 bridgehead atoms. The Morgan fingerprint density at radius 1 is 0.958 bits per heavy atom. The molecule has 1 heterocycles. The van der Waals surface area contributed by atoms with Gasteiger partial charge < -0.3 is 5.32 Å². The van der Waals surface area contributed by atoms with Gasteiger partial charge in [-0.15, -0.1) is 0 Å². The topological polar surface area (TPSA) is 49.4 Å². The van der Waals surface area contributed by atoms with Gasteiger partial charge in [-0.1, -0.05) is 46.9 Å². The number of nitrogens with one attached hydrogen (secondary N) is 1. The van der Waals surface area contributed by atoms with Crippen molar-refractivity contribution >= 4 is 58.0 Å². The summed E-state index contributed by atoms with van der Waals surface area (Å²) in [5.41, 5.74) is 1.74. The van der Waals surface area contributed by atoms with E-state index >= 15 is 0 Å². The predicted molar refractivity (Wildman–Crippen MR) is 96.6 cm³/mol. The van der Waals surface area contributed by atoms with Crippen molar-refractivity contribution in [1.29, 1.82) is 0 Å². The summed E-state index contributed by atoms with van der Waals surface area (Å²) in [6.45, 7) is 1.83. The summed E-state index contributed by atoms with van der Waals surface area (Å²) in [4.78, 5) is 26.0. The summed E-state index contributed by atoms with van der Waals surface area (Å²) in [5, 5.41) is 3.59. The first-order valence-electron chi connectivity index (χ1n) is 6.96. The first-order valence-corrected chi connectivity index (χ1v) is 8.10. The van der Waals surface area contributed by atoms with Crippen LogP contribution in [0.3, 0.4) is 0 Å². The number of nitrogens with zero attached hydrogens (tertiary/aromatic N) is 1. The van der Waals surface area contributed by atoms with Crippen LogP contribution in [0.4, 0.5) is 11.4 Å². The lowest BCUT2D eigenvalue weighted by Gasteiger charge is -2.16. The van der Waals surface area contributed by atoms with Crippen molar-refractivity contribution in [2.45, 2.75) is 6.92 Å². The zero-order valence-electron chi connectivity index (χ0n) is 12.4. The van der Waals surface area contributed by atoms with Crippen molar-refractivity contribution in [3.8, 4) is 0 Å². The van der Waals surface area contributed by atoms with Crippen molar-refractivity contribution < 1.29 is 9.59 Å². The average molecular weight is 382 g/mol. The molecule has 0 fully saturated rings. The van der Waals surface area contributed by atoms with E-state index in [9.17, 15) is 9.59 Å². The molecule has 122 valence electrons. The Hall–Kier alpha value is -2.01. The second-order valence-electron chi connectivity index (χ2n) is 5.17. The fraction of sp³-hybridized carbons (Fsp3) is 0.0588. The Morgan fingerprint density at radius 3 is 2.33 bits per heavy atom. The lowest BCUT2D eigenvalue weighted by molar-refractivity contribution is -0.120. The van der Waals surface area contributed by atoms with Crippen molar-refractivity contribution in [3.63, 3.8) is 0 Å². The molecule has 0 aromatic heterocycles. The van der Waals surface area contributed by atoms with Crippen molar-refractivity contribution in [3.05, 3.63) is 68.8 Å². The Bertz CT molecular complexity index is 893. The van der Waals surface area contributed by atoms with Gasteiger partial charge in [-0.3, -0.25) is 9.59 Å². The Kier molecular flexibility index (Phi) is 4.54. The number of amides is 2. The minimum absolute atomic E-state index is 0.00649. The highest BCUT2D eigenvalue weighted by molar-refractivity contribution is 6.53. The fourth-order valence-electron chi connectivity index (χ4n) is 2.37. The zero-order valence-corrected chi connectivity index (χ0v) is 14.7. The summed E-state index contributed by atoms with van der Waals surface area (Å²) in [5.74, 6) is -1.18. The smallest absolute Gasteiger partial charge is 0.283 e.